The summed E-state index contributed by atoms with van der Waals surface area (Å²) >= 11 is 3.52. The molecule has 1 N–H and O–H groups in total. The standard InChI is InChI=1S/C13H14BrN5O2/c1-7(2)21-13(20)18-12-16-6-8-5-9(14)11-15-3-4-19(11)10(8)17-12/h5-7,15H,3-4H2,1-2H3/b18-12-. The molecule has 0 bridgehead atoms. The molecule has 7 nitrogen and oxygen atoms in total. The van der Waals surface area contributed by atoms with Crippen molar-refractivity contribution in [2.24, 2.45) is 4.99 Å². The van der Waals surface area contributed by atoms with Crippen molar-refractivity contribution in [2.75, 3.05) is 11.9 Å². The van der Waals surface area contributed by atoms with Gasteiger partial charge in [0, 0.05) is 24.8 Å². The Kier molecular flexibility index (Phi) is 3.62. The fraction of sp³-hybridized carbons (Fsp3) is 0.385. The van der Waals surface area contributed by atoms with Gasteiger partial charge in [-0.25, -0.2) is 9.78 Å². The molecule has 1 amide bonds. The van der Waals surface area contributed by atoms with Crippen molar-refractivity contribution in [1.82, 2.24) is 14.5 Å². The summed E-state index contributed by atoms with van der Waals surface area (Å²) in [5.41, 5.74) is 0.988. The number of carbonyl (C=O) groups is 1. The number of nitrogens with zero attached hydrogens (tertiary/aromatic N) is 4. The van der Waals surface area contributed by atoms with Gasteiger partial charge < -0.3 is 14.6 Å². The van der Waals surface area contributed by atoms with E-state index in [1.807, 2.05) is 10.6 Å². The molecule has 0 aliphatic carbocycles. The van der Waals surface area contributed by atoms with E-state index in [0.29, 0.717) is 0 Å². The molecule has 3 rings (SSSR count). The van der Waals surface area contributed by atoms with Gasteiger partial charge in [0.1, 0.15) is 11.6 Å². The molecule has 3 heterocycles. The van der Waals surface area contributed by atoms with Crippen LogP contribution in [0.15, 0.2) is 21.7 Å². The quantitative estimate of drug-likeness (QED) is 0.849. The maximum absolute atomic E-state index is 11.6. The van der Waals surface area contributed by atoms with Crippen molar-refractivity contribution in [1.29, 1.82) is 0 Å². The van der Waals surface area contributed by atoms with E-state index in [0.717, 1.165) is 34.8 Å². The Bertz CT molecular complexity index is 740. The minimum atomic E-state index is -0.679. The number of rotatable bonds is 1. The second-order valence-electron chi connectivity index (χ2n) is 4.91. The minimum Gasteiger partial charge on any atom is -0.445 e. The van der Waals surface area contributed by atoms with Crippen LogP contribution in [-0.4, -0.2) is 33.3 Å². The van der Waals surface area contributed by atoms with Crippen LogP contribution in [0.2, 0.25) is 0 Å². The summed E-state index contributed by atoms with van der Waals surface area (Å²) in [5.74, 6) is 1.71. The van der Waals surface area contributed by atoms with Crippen LogP contribution < -0.4 is 10.9 Å². The van der Waals surface area contributed by atoms with E-state index >= 15 is 0 Å². The van der Waals surface area contributed by atoms with Crippen LogP contribution in [0.3, 0.4) is 0 Å². The topological polar surface area (TPSA) is 81.4 Å². The first-order valence-corrected chi connectivity index (χ1v) is 7.39. The van der Waals surface area contributed by atoms with E-state index in [9.17, 15) is 4.79 Å². The average Bonchev–Trinajstić information content (AvgIpc) is 2.88. The Morgan fingerprint density at radius 3 is 3.14 bits per heavy atom. The smallest absolute Gasteiger partial charge is 0.437 e. The Hall–Kier alpha value is -1.96. The summed E-state index contributed by atoms with van der Waals surface area (Å²) < 4.78 is 7.96. The lowest BCUT2D eigenvalue weighted by Crippen LogP contribution is -2.20. The summed E-state index contributed by atoms with van der Waals surface area (Å²) in [5, 5.41) is 3.28. The maximum atomic E-state index is 11.6. The van der Waals surface area contributed by atoms with Gasteiger partial charge >= 0.3 is 6.09 Å². The highest BCUT2D eigenvalue weighted by Gasteiger charge is 2.20. The molecule has 0 unspecified atom stereocenters. The Morgan fingerprint density at radius 2 is 2.38 bits per heavy atom. The molecule has 0 radical (unpaired) electrons. The third-order valence-corrected chi connectivity index (χ3v) is 3.58. The van der Waals surface area contributed by atoms with E-state index in [4.69, 9.17) is 4.74 Å². The second kappa shape index (κ2) is 5.44. The average molecular weight is 352 g/mol. The number of aromatic nitrogens is 3. The molecule has 0 spiro atoms. The van der Waals surface area contributed by atoms with Gasteiger partial charge in [-0.05, 0) is 35.8 Å². The molecular weight excluding hydrogens is 338 g/mol. The van der Waals surface area contributed by atoms with Gasteiger partial charge in [0.05, 0.1) is 10.6 Å². The highest BCUT2D eigenvalue weighted by Crippen LogP contribution is 2.32. The molecule has 0 atom stereocenters. The zero-order chi connectivity index (χ0) is 15.0. The van der Waals surface area contributed by atoms with Crippen molar-refractivity contribution >= 4 is 27.8 Å². The fourth-order valence-electron chi connectivity index (χ4n) is 2.18. The van der Waals surface area contributed by atoms with Gasteiger partial charge in [-0.3, -0.25) is 0 Å². The zero-order valence-corrected chi connectivity index (χ0v) is 13.2. The number of anilines is 1. The van der Waals surface area contributed by atoms with Gasteiger partial charge in [0.25, 0.3) is 5.62 Å². The van der Waals surface area contributed by atoms with E-state index in [2.05, 4.69) is 36.2 Å². The Morgan fingerprint density at radius 1 is 1.57 bits per heavy atom. The minimum absolute atomic E-state index is 0.108. The highest BCUT2D eigenvalue weighted by molar-refractivity contribution is 9.10. The third kappa shape index (κ3) is 2.76. The number of hydrogen-bond acceptors (Lipinski definition) is 5. The molecule has 0 aromatic heterocycles. The predicted octanol–water partition coefficient (Wildman–Crippen LogP) is 2.02. The Labute approximate surface area is 129 Å². The van der Waals surface area contributed by atoms with Crippen molar-refractivity contribution in [3.8, 4) is 11.4 Å². The summed E-state index contributed by atoms with van der Waals surface area (Å²) in [6.07, 6.45) is 0.752. The van der Waals surface area contributed by atoms with Gasteiger partial charge in [0.15, 0.2) is 0 Å². The number of carbonyl (C=O) groups excluding carboxylic acids is 1. The lowest BCUT2D eigenvalue weighted by atomic mass is 10.2. The van der Waals surface area contributed by atoms with Crippen molar-refractivity contribution in [3.05, 3.63) is 22.4 Å². The van der Waals surface area contributed by atoms with E-state index in [1.165, 1.54) is 0 Å². The molecule has 21 heavy (non-hydrogen) atoms. The van der Waals surface area contributed by atoms with Crippen LogP contribution in [0, 0.1) is 0 Å². The lowest BCUT2D eigenvalue weighted by Gasteiger charge is -2.13. The number of halogens is 1. The number of pyridine rings is 1. The summed E-state index contributed by atoms with van der Waals surface area (Å²) in [6, 6.07) is 1.94. The van der Waals surface area contributed by atoms with Crippen molar-refractivity contribution in [3.63, 3.8) is 0 Å². The van der Waals surface area contributed by atoms with Crippen LogP contribution in [-0.2, 0) is 11.3 Å². The number of amides is 1. The fourth-order valence-corrected chi connectivity index (χ4v) is 2.78. The van der Waals surface area contributed by atoms with Crippen LogP contribution in [0.1, 0.15) is 13.8 Å². The number of ether oxygens (including phenoxy) is 1. The van der Waals surface area contributed by atoms with E-state index < -0.39 is 6.09 Å². The van der Waals surface area contributed by atoms with Gasteiger partial charge in [-0.15, -0.1) is 4.99 Å². The molecular formula is C13H14BrN5O2. The van der Waals surface area contributed by atoms with Gasteiger partial charge in [0.2, 0.25) is 0 Å². The van der Waals surface area contributed by atoms with Gasteiger partial charge in [-0.1, -0.05) is 0 Å². The largest absolute Gasteiger partial charge is 0.445 e. The Balaban J connectivity index is 2.09. The molecule has 0 saturated heterocycles. The molecule has 0 fully saturated rings. The van der Waals surface area contributed by atoms with Crippen LogP contribution in [0.25, 0.3) is 11.4 Å². The molecule has 8 heteroatoms. The first-order valence-electron chi connectivity index (χ1n) is 6.60. The monoisotopic (exact) mass is 351 g/mol. The summed E-state index contributed by atoms with van der Waals surface area (Å²) in [6.45, 7) is 5.17. The van der Waals surface area contributed by atoms with Crippen molar-refractivity contribution in [2.45, 2.75) is 26.5 Å². The molecule has 110 valence electrons. The molecule has 3 aliphatic heterocycles. The van der Waals surface area contributed by atoms with E-state index in [1.54, 1.807) is 20.0 Å². The van der Waals surface area contributed by atoms with E-state index in [-0.39, 0.29) is 11.7 Å². The molecule has 0 saturated carbocycles. The third-order valence-electron chi connectivity index (χ3n) is 2.97. The number of hydrogen-bond donors (Lipinski definition) is 1. The SMILES string of the molecule is CC(C)OC(=O)/N=c1/ncc2cc(Br)c3n(c-2n1)CCN3. The normalized spacial score (nSPS) is 14.4. The van der Waals surface area contributed by atoms with Crippen LogP contribution in [0.4, 0.5) is 10.6 Å². The zero-order valence-electron chi connectivity index (χ0n) is 11.6. The number of fused-ring (bicyclic) bond motifs is 3. The molecule has 3 aliphatic rings. The molecule has 0 aromatic rings. The van der Waals surface area contributed by atoms with Crippen molar-refractivity contribution < 1.29 is 9.53 Å². The molecule has 0 aromatic carbocycles. The summed E-state index contributed by atoms with van der Waals surface area (Å²) in [7, 11) is 0. The van der Waals surface area contributed by atoms with Crippen LogP contribution in [0.5, 0.6) is 0 Å². The highest BCUT2D eigenvalue weighted by atomic mass is 79.9. The first-order chi connectivity index (χ1) is 10.0. The predicted molar refractivity (Wildman–Crippen MR) is 80.0 cm³/mol. The number of nitrogens with one attached hydrogen (secondary N) is 1. The lowest BCUT2D eigenvalue weighted by molar-refractivity contribution is 0.124. The van der Waals surface area contributed by atoms with Crippen LogP contribution >= 0.6 is 15.9 Å². The maximum Gasteiger partial charge on any atom is 0.437 e. The second-order valence-corrected chi connectivity index (χ2v) is 5.77. The van der Waals surface area contributed by atoms with Gasteiger partial charge in [-0.2, -0.15) is 4.98 Å². The summed E-state index contributed by atoms with van der Waals surface area (Å²) in [4.78, 5) is 23.8. The first kappa shape index (κ1) is 14.0.